The number of hydrogen-bond donors (Lipinski definition) is 0. The number of thiazole rings is 1. The van der Waals surface area contributed by atoms with E-state index in [1.54, 1.807) is 0 Å². The van der Waals surface area contributed by atoms with Crippen LogP contribution in [-0.2, 0) is 13.0 Å². The van der Waals surface area contributed by atoms with Gasteiger partial charge < -0.3 is 4.42 Å². The van der Waals surface area contributed by atoms with Crippen LogP contribution in [0.25, 0.3) is 22.0 Å². The Hall–Kier alpha value is -3.06. The summed E-state index contributed by atoms with van der Waals surface area (Å²) in [5, 5.41) is 6.99. The predicted octanol–water partition coefficient (Wildman–Crippen LogP) is 4.38. The van der Waals surface area contributed by atoms with Crippen molar-refractivity contribution in [2.45, 2.75) is 19.9 Å². The molecule has 7 heteroatoms. The Morgan fingerprint density at radius 3 is 2.48 bits per heavy atom. The smallest absolute Gasteiger partial charge is 0.388 e. The number of halogens is 1. The monoisotopic (exact) mass is 381 g/mol. The average Bonchev–Trinajstić information content (AvgIpc) is 3.30. The minimum absolute atomic E-state index is 0.158. The maximum atomic E-state index is 13.0. The van der Waals surface area contributed by atoms with Crippen molar-refractivity contribution in [3.63, 3.8) is 0 Å². The predicted molar refractivity (Wildman–Crippen MR) is 102 cm³/mol. The molecule has 0 saturated carbocycles. The fourth-order valence-electron chi connectivity index (χ4n) is 2.66. The van der Waals surface area contributed by atoms with E-state index >= 15 is 0 Å². The Labute approximate surface area is 158 Å². The molecule has 0 aliphatic carbocycles. The van der Waals surface area contributed by atoms with Crippen molar-refractivity contribution in [2.75, 3.05) is 0 Å². The highest BCUT2D eigenvalue weighted by Gasteiger charge is 2.13. The molecular weight excluding hydrogens is 365 g/mol. The van der Waals surface area contributed by atoms with E-state index in [1.165, 1.54) is 45.8 Å². The second-order valence-electron chi connectivity index (χ2n) is 6.03. The molecule has 2 heterocycles. The van der Waals surface area contributed by atoms with E-state index in [2.05, 4.69) is 41.3 Å². The number of aryl methyl sites for hydroxylation is 1. The fourth-order valence-corrected chi connectivity index (χ4v) is 3.48. The SMILES string of the molecule is CCc1ccc(-c2nc(Cn3nc(-c4ccc(F)cc4)oc3=O)cs2)cc1. The standard InChI is InChI=1S/C20H16FN3O2S/c1-2-13-3-5-15(6-4-13)19-22-17(12-27-19)11-24-20(25)26-18(23-24)14-7-9-16(21)10-8-14/h3-10,12H,2,11H2,1H3. The van der Waals surface area contributed by atoms with Gasteiger partial charge >= 0.3 is 5.76 Å². The van der Waals surface area contributed by atoms with Gasteiger partial charge in [-0.25, -0.2) is 14.2 Å². The number of rotatable bonds is 5. The molecule has 2 aromatic carbocycles. The van der Waals surface area contributed by atoms with E-state index in [9.17, 15) is 9.18 Å². The van der Waals surface area contributed by atoms with Crippen molar-refractivity contribution in [3.05, 3.63) is 81.5 Å². The molecule has 0 unspecified atom stereocenters. The Kier molecular flexibility index (Phi) is 4.68. The van der Waals surface area contributed by atoms with Crippen LogP contribution < -0.4 is 5.76 Å². The van der Waals surface area contributed by atoms with Crippen molar-refractivity contribution in [2.24, 2.45) is 0 Å². The van der Waals surface area contributed by atoms with Crippen LogP contribution in [0.15, 0.2) is 63.1 Å². The molecule has 0 aliphatic heterocycles. The third-order valence-electron chi connectivity index (χ3n) is 4.17. The second-order valence-corrected chi connectivity index (χ2v) is 6.89. The average molecular weight is 381 g/mol. The number of benzene rings is 2. The molecule has 0 bridgehead atoms. The van der Waals surface area contributed by atoms with Gasteiger partial charge in [-0.1, -0.05) is 31.2 Å². The van der Waals surface area contributed by atoms with Gasteiger partial charge in [-0.15, -0.1) is 16.4 Å². The Balaban J connectivity index is 1.55. The lowest BCUT2D eigenvalue weighted by molar-refractivity contribution is 0.493. The summed E-state index contributed by atoms with van der Waals surface area (Å²) in [5.41, 5.74) is 3.60. The topological polar surface area (TPSA) is 60.9 Å². The van der Waals surface area contributed by atoms with E-state index < -0.39 is 5.76 Å². The Morgan fingerprint density at radius 1 is 1.07 bits per heavy atom. The van der Waals surface area contributed by atoms with Crippen molar-refractivity contribution in [1.29, 1.82) is 0 Å². The van der Waals surface area contributed by atoms with E-state index in [1.807, 2.05) is 5.38 Å². The molecule has 0 atom stereocenters. The molecule has 0 fully saturated rings. The summed E-state index contributed by atoms with van der Waals surface area (Å²) in [5.74, 6) is -0.774. The van der Waals surface area contributed by atoms with Crippen molar-refractivity contribution >= 4 is 11.3 Å². The third-order valence-corrected chi connectivity index (χ3v) is 5.11. The highest BCUT2D eigenvalue weighted by molar-refractivity contribution is 7.13. The molecule has 2 aromatic heterocycles. The molecule has 0 saturated heterocycles. The minimum Gasteiger partial charge on any atom is -0.388 e. The zero-order chi connectivity index (χ0) is 18.8. The van der Waals surface area contributed by atoms with Gasteiger partial charge in [-0.2, -0.15) is 4.68 Å². The van der Waals surface area contributed by atoms with Crippen LogP contribution in [-0.4, -0.2) is 14.8 Å². The van der Waals surface area contributed by atoms with Crippen molar-refractivity contribution in [3.8, 4) is 22.0 Å². The first-order chi connectivity index (χ1) is 13.1. The van der Waals surface area contributed by atoms with E-state index in [0.717, 1.165) is 22.7 Å². The maximum Gasteiger partial charge on any atom is 0.437 e. The van der Waals surface area contributed by atoms with Crippen LogP contribution >= 0.6 is 11.3 Å². The van der Waals surface area contributed by atoms with Gasteiger partial charge in [-0.05, 0) is 36.2 Å². The molecule has 4 aromatic rings. The molecule has 136 valence electrons. The molecule has 4 rings (SSSR count). The molecule has 0 spiro atoms. The summed E-state index contributed by atoms with van der Waals surface area (Å²) >= 11 is 1.52. The molecule has 0 radical (unpaired) electrons. The van der Waals surface area contributed by atoms with Crippen LogP contribution in [0.3, 0.4) is 0 Å². The van der Waals surface area contributed by atoms with Gasteiger partial charge in [0.25, 0.3) is 0 Å². The molecule has 0 N–H and O–H groups in total. The first-order valence-corrected chi connectivity index (χ1v) is 9.38. The Morgan fingerprint density at radius 2 is 1.78 bits per heavy atom. The van der Waals surface area contributed by atoms with Gasteiger partial charge in [0.05, 0.1) is 12.2 Å². The van der Waals surface area contributed by atoms with E-state index in [4.69, 9.17) is 4.42 Å². The summed E-state index contributed by atoms with van der Waals surface area (Å²) in [4.78, 5) is 16.7. The highest BCUT2D eigenvalue weighted by atomic mass is 32.1. The molecular formula is C20H16FN3O2S. The van der Waals surface area contributed by atoms with Crippen LogP contribution in [0, 0.1) is 5.82 Å². The van der Waals surface area contributed by atoms with E-state index in [0.29, 0.717) is 5.56 Å². The van der Waals surface area contributed by atoms with Crippen molar-refractivity contribution < 1.29 is 8.81 Å². The third kappa shape index (κ3) is 3.73. The second kappa shape index (κ2) is 7.28. The van der Waals surface area contributed by atoms with Gasteiger partial charge in [0, 0.05) is 16.5 Å². The van der Waals surface area contributed by atoms with Crippen LogP contribution in [0.2, 0.25) is 0 Å². The van der Waals surface area contributed by atoms with Gasteiger partial charge in [-0.3, -0.25) is 0 Å². The first-order valence-electron chi connectivity index (χ1n) is 8.50. The van der Waals surface area contributed by atoms with Gasteiger partial charge in [0.2, 0.25) is 5.89 Å². The zero-order valence-electron chi connectivity index (χ0n) is 14.6. The maximum absolute atomic E-state index is 13.0. The summed E-state index contributed by atoms with van der Waals surface area (Å²) in [6, 6.07) is 13.9. The number of nitrogens with zero attached hydrogens (tertiary/aromatic N) is 3. The quantitative estimate of drug-likeness (QED) is 0.515. The van der Waals surface area contributed by atoms with Gasteiger partial charge in [0.1, 0.15) is 10.8 Å². The van der Waals surface area contributed by atoms with Crippen LogP contribution in [0.4, 0.5) is 4.39 Å². The van der Waals surface area contributed by atoms with Gasteiger partial charge in [0.15, 0.2) is 0 Å². The van der Waals surface area contributed by atoms with Crippen LogP contribution in [0.1, 0.15) is 18.2 Å². The molecule has 5 nitrogen and oxygen atoms in total. The largest absolute Gasteiger partial charge is 0.437 e. The number of aromatic nitrogens is 3. The molecule has 27 heavy (non-hydrogen) atoms. The Bertz CT molecular complexity index is 1110. The minimum atomic E-state index is -0.573. The number of hydrogen-bond acceptors (Lipinski definition) is 5. The fraction of sp³-hybridized carbons (Fsp3) is 0.150. The summed E-state index contributed by atoms with van der Waals surface area (Å²) in [6.07, 6.45) is 0.995. The normalized spacial score (nSPS) is 11.0. The molecule has 0 aliphatic rings. The first kappa shape index (κ1) is 17.4. The lowest BCUT2D eigenvalue weighted by Gasteiger charge is -1.99. The highest BCUT2D eigenvalue weighted by Crippen LogP contribution is 2.24. The zero-order valence-corrected chi connectivity index (χ0v) is 15.4. The lowest BCUT2D eigenvalue weighted by Crippen LogP contribution is -2.16. The summed E-state index contributed by atoms with van der Waals surface area (Å²) < 4.78 is 19.4. The molecule has 0 amide bonds. The van der Waals surface area contributed by atoms with E-state index in [-0.39, 0.29) is 18.3 Å². The summed E-state index contributed by atoms with van der Waals surface area (Å²) in [6.45, 7) is 2.33. The lowest BCUT2D eigenvalue weighted by atomic mass is 10.1. The summed E-state index contributed by atoms with van der Waals surface area (Å²) in [7, 11) is 0. The van der Waals surface area contributed by atoms with Crippen LogP contribution in [0.5, 0.6) is 0 Å². The van der Waals surface area contributed by atoms with Crippen molar-refractivity contribution in [1.82, 2.24) is 14.8 Å².